The van der Waals surface area contributed by atoms with Gasteiger partial charge in [0.2, 0.25) is 0 Å². The molecule has 17 heavy (non-hydrogen) atoms. The Balaban J connectivity index is 2.19. The van der Waals surface area contributed by atoms with Crippen LogP contribution in [0, 0.1) is 11.3 Å². The molecule has 1 aromatic rings. The summed E-state index contributed by atoms with van der Waals surface area (Å²) in [4.78, 5) is 1.58. The van der Waals surface area contributed by atoms with E-state index in [0.29, 0.717) is 16.9 Å². The molecular formula is C15H25NS. The Bertz CT molecular complexity index is 366. The highest BCUT2D eigenvalue weighted by atomic mass is 32.1. The molecule has 2 heteroatoms. The molecule has 96 valence electrons. The monoisotopic (exact) mass is 251 g/mol. The average molecular weight is 251 g/mol. The van der Waals surface area contributed by atoms with Crippen LogP contribution in [0.25, 0.3) is 0 Å². The van der Waals surface area contributed by atoms with E-state index >= 15 is 0 Å². The van der Waals surface area contributed by atoms with Crippen LogP contribution in [0.15, 0.2) is 17.5 Å². The van der Waals surface area contributed by atoms with E-state index in [0.717, 1.165) is 12.5 Å². The van der Waals surface area contributed by atoms with Crippen molar-refractivity contribution in [1.29, 1.82) is 0 Å². The van der Waals surface area contributed by atoms with Gasteiger partial charge in [-0.25, -0.2) is 0 Å². The van der Waals surface area contributed by atoms with Gasteiger partial charge in [-0.2, -0.15) is 0 Å². The van der Waals surface area contributed by atoms with Crippen LogP contribution in [0.5, 0.6) is 0 Å². The molecule has 1 N–H and O–H groups in total. The summed E-state index contributed by atoms with van der Waals surface area (Å²) in [5.74, 6) is 0.779. The van der Waals surface area contributed by atoms with E-state index < -0.39 is 0 Å². The minimum Gasteiger partial charge on any atom is -0.314 e. The molecule has 0 spiro atoms. The predicted octanol–water partition coefficient (Wildman–Crippen LogP) is 4.05. The summed E-state index contributed by atoms with van der Waals surface area (Å²) in [6.07, 6.45) is 1.25. The van der Waals surface area contributed by atoms with Crippen LogP contribution in [0.2, 0.25) is 0 Å². The zero-order chi connectivity index (χ0) is 12.7. The molecule has 1 saturated carbocycles. The molecule has 1 fully saturated rings. The summed E-state index contributed by atoms with van der Waals surface area (Å²) in [5.41, 5.74) is 0.859. The largest absolute Gasteiger partial charge is 0.314 e. The van der Waals surface area contributed by atoms with Crippen LogP contribution in [0.3, 0.4) is 0 Å². The first-order valence-electron chi connectivity index (χ1n) is 6.74. The first-order valence-corrected chi connectivity index (χ1v) is 7.62. The molecule has 1 aliphatic carbocycles. The van der Waals surface area contributed by atoms with Gasteiger partial charge in [-0.3, -0.25) is 0 Å². The molecule has 2 unspecified atom stereocenters. The van der Waals surface area contributed by atoms with Gasteiger partial charge in [-0.1, -0.05) is 40.7 Å². The summed E-state index contributed by atoms with van der Waals surface area (Å²) >= 11 is 1.93. The summed E-state index contributed by atoms with van der Waals surface area (Å²) in [6.45, 7) is 12.8. The predicted molar refractivity (Wildman–Crippen MR) is 76.7 cm³/mol. The van der Waals surface area contributed by atoms with E-state index in [9.17, 15) is 0 Å². The number of nitrogens with one attached hydrogen (secondary N) is 1. The van der Waals surface area contributed by atoms with Crippen LogP contribution in [-0.4, -0.2) is 12.6 Å². The van der Waals surface area contributed by atoms with Crippen molar-refractivity contribution in [2.45, 2.75) is 52.5 Å². The maximum absolute atomic E-state index is 3.62. The second-order valence-electron chi connectivity index (χ2n) is 6.14. The summed E-state index contributed by atoms with van der Waals surface area (Å²) < 4.78 is 0. The molecule has 2 atom stereocenters. The molecule has 0 amide bonds. The maximum Gasteiger partial charge on any atom is 0.0145 e. The fraction of sp³-hybridized carbons (Fsp3) is 0.733. The molecule has 0 aliphatic heterocycles. The van der Waals surface area contributed by atoms with Gasteiger partial charge in [0, 0.05) is 16.3 Å². The summed E-state index contributed by atoms with van der Waals surface area (Å²) in [6, 6.07) is 5.11. The van der Waals surface area contributed by atoms with Crippen molar-refractivity contribution in [2.75, 3.05) is 6.54 Å². The van der Waals surface area contributed by atoms with Crippen molar-refractivity contribution in [2.24, 2.45) is 11.3 Å². The Kier molecular flexibility index (Phi) is 3.39. The molecule has 0 saturated heterocycles. The minimum atomic E-state index is 0.420. The second-order valence-corrected chi connectivity index (χ2v) is 7.09. The number of hydrogen-bond acceptors (Lipinski definition) is 2. The fourth-order valence-electron chi connectivity index (χ4n) is 3.65. The van der Waals surface area contributed by atoms with Gasteiger partial charge in [0.25, 0.3) is 0 Å². The van der Waals surface area contributed by atoms with E-state index in [-0.39, 0.29) is 0 Å². The third-order valence-corrected chi connectivity index (χ3v) is 5.83. The summed E-state index contributed by atoms with van der Waals surface area (Å²) in [5, 5.41) is 5.84. The van der Waals surface area contributed by atoms with Crippen LogP contribution >= 0.6 is 11.3 Å². The molecule has 1 aliphatic rings. The zero-order valence-corrected chi connectivity index (χ0v) is 12.5. The van der Waals surface area contributed by atoms with E-state index in [1.54, 1.807) is 4.88 Å². The Morgan fingerprint density at radius 3 is 2.59 bits per heavy atom. The molecule has 1 heterocycles. The zero-order valence-electron chi connectivity index (χ0n) is 11.7. The molecular weight excluding hydrogens is 226 g/mol. The normalized spacial score (nSPS) is 30.8. The number of thiophene rings is 1. The highest BCUT2D eigenvalue weighted by Gasteiger charge is 2.70. The van der Waals surface area contributed by atoms with E-state index in [1.165, 1.54) is 6.42 Å². The SMILES string of the molecule is CCC1(c2cccs2)C(CNC(C)C)C1(C)C. The molecule has 0 radical (unpaired) electrons. The lowest BCUT2D eigenvalue weighted by atomic mass is 9.91. The van der Waals surface area contributed by atoms with Crippen molar-refractivity contribution >= 4 is 11.3 Å². The van der Waals surface area contributed by atoms with Gasteiger partial charge in [-0.15, -0.1) is 11.3 Å². The van der Waals surface area contributed by atoms with Crippen LogP contribution < -0.4 is 5.32 Å². The highest BCUT2D eigenvalue weighted by molar-refractivity contribution is 7.10. The van der Waals surface area contributed by atoms with Gasteiger partial charge in [0.05, 0.1) is 0 Å². The molecule has 0 aromatic carbocycles. The number of rotatable bonds is 5. The molecule has 1 aromatic heterocycles. The van der Waals surface area contributed by atoms with Crippen LogP contribution in [-0.2, 0) is 5.41 Å². The Hall–Kier alpha value is -0.340. The van der Waals surface area contributed by atoms with Crippen molar-refractivity contribution in [3.8, 4) is 0 Å². The van der Waals surface area contributed by atoms with Gasteiger partial charge in [-0.05, 0) is 35.7 Å². The van der Waals surface area contributed by atoms with Crippen molar-refractivity contribution in [1.82, 2.24) is 5.32 Å². The first kappa shape index (κ1) is 13.1. The first-order chi connectivity index (χ1) is 7.96. The average Bonchev–Trinajstić information content (AvgIpc) is 2.67. The highest BCUT2D eigenvalue weighted by Crippen LogP contribution is 2.71. The van der Waals surface area contributed by atoms with Crippen molar-refractivity contribution in [3.63, 3.8) is 0 Å². The Morgan fingerprint density at radius 2 is 2.12 bits per heavy atom. The van der Waals surface area contributed by atoms with Crippen molar-refractivity contribution in [3.05, 3.63) is 22.4 Å². The molecule has 2 rings (SSSR count). The fourth-order valence-corrected chi connectivity index (χ4v) is 4.87. The lowest BCUT2D eigenvalue weighted by Gasteiger charge is -2.17. The number of hydrogen-bond donors (Lipinski definition) is 1. The standard InChI is InChI=1S/C15H25NS/c1-6-15(13-8-7-9-17-13)12(14(15,4)5)10-16-11(2)3/h7-9,11-12,16H,6,10H2,1-5H3. The Morgan fingerprint density at radius 1 is 1.41 bits per heavy atom. The quantitative estimate of drug-likeness (QED) is 0.832. The molecule has 0 bridgehead atoms. The maximum atomic E-state index is 3.62. The van der Waals surface area contributed by atoms with Crippen molar-refractivity contribution < 1.29 is 0 Å². The summed E-state index contributed by atoms with van der Waals surface area (Å²) in [7, 11) is 0. The van der Waals surface area contributed by atoms with E-state index in [1.807, 2.05) is 11.3 Å². The van der Waals surface area contributed by atoms with Crippen LogP contribution in [0.4, 0.5) is 0 Å². The molecule has 1 nitrogen and oxygen atoms in total. The minimum absolute atomic E-state index is 0.420. The van der Waals surface area contributed by atoms with Gasteiger partial charge >= 0.3 is 0 Å². The lowest BCUT2D eigenvalue weighted by molar-refractivity contribution is 0.482. The second kappa shape index (κ2) is 4.40. The topological polar surface area (TPSA) is 12.0 Å². The lowest BCUT2D eigenvalue weighted by Crippen LogP contribution is -2.27. The smallest absolute Gasteiger partial charge is 0.0145 e. The van der Waals surface area contributed by atoms with Crippen LogP contribution in [0.1, 0.15) is 45.9 Å². The van der Waals surface area contributed by atoms with E-state index in [4.69, 9.17) is 0 Å². The van der Waals surface area contributed by atoms with Gasteiger partial charge < -0.3 is 5.32 Å². The third-order valence-electron chi connectivity index (χ3n) is 4.78. The van der Waals surface area contributed by atoms with Gasteiger partial charge in [0.1, 0.15) is 0 Å². The third kappa shape index (κ3) is 1.86. The Labute approximate surface area is 110 Å². The van der Waals surface area contributed by atoms with Gasteiger partial charge in [0.15, 0.2) is 0 Å². The van der Waals surface area contributed by atoms with E-state index in [2.05, 4.69) is 57.4 Å².